The molecule has 0 amide bonds. The first-order chi connectivity index (χ1) is 9.03. The van der Waals surface area contributed by atoms with Gasteiger partial charge in [0.2, 0.25) is 0 Å². The Balaban J connectivity index is 0.000000399. The molecule has 0 bridgehead atoms. The van der Waals surface area contributed by atoms with Crippen LogP contribution in [0.2, 0.25) is 6.32 Å². The van der Waals surface area contributed by atoms with Crippen molar-refractivity contribution in [3.8, 4) is 0 Å². The van der Waals surface area contributed by atoms with Crippen molar-refractivity contribution in [3.05, 3.63) is 0 Å². The van der Waals surface area contributed by atoms with Gasteiger partial charge in [-0.15, -0.1) is 0 Å². The average Bonchev–Trinajstić information content (AvgIpc) is 2.99. The largest absolute Gasteiger partial charge is 0.330 e. The van der Waals surface area contributed by atoms with Crippen LogP contribution in [-0.2, 0) is 0 Å². The van der Waals surface area contributed by atoms with Crippen molar-refractivity contribution >= 4 is 7.85 Å². The van der Waals surface area contributed by atoms with Crippen LogP contribution < -0.4 is 5.73 Å². The second-order valence-corrected chi connectivity index (χ2v) is 5.77. The molecule has 1 unspecified atom stereocenters. The Morgan fingerprint density at radius 1 is 1.32 bits per heavy atom. The minimum atomic E-state index is -2.35. The summed E-state index contributed by atoms with van der Waals surface area (Å²) in [6, 6.07) is 0. The molecule has 0 aromatic rings. The van der Waals surface area contributed by atoms with Gasteiger partial charge in [-0.3, -0.25) is 0 Å². The van der Waals surface area contributed by atoms with Crippen LogP contribution in [0.3, 0.4) is 0 Å². The Kier molecular flexibility index (Phi) is 7.30. The minimum Gasteiger partial charge on any atom is -0.330 e. The van der Waals surface area contributed by atoms with E-state index < -0.39 is 5.92 Å². The molecule has 2 radical (unpaired) electrons. The molecule has 1 heterocycles. The fourth-order valence-electron chi connectivity index (χ4n) is 2.47. The third-order valence-electron chi connectivity index (χ3n) is 4.01. The number of nitrogens with two attached hydrogens (primary N) is 1. The summed E-state index contributed by atoms with van der Waals surface area (Å²) in [6.07, 6.45) is 5.38. The van der Waals surface area contributed by atoms with E-state index in [4.69, 9.17) is 13.6 Å². The molecule has 0 aromatic carbocycles. The molecule has 5 heteroatoms. The summed E-state index contributed by atoms with van der Waals surface area (Å²) in [5, 5.41) is 0. The summed E-state index contributed by atoms with van der Waals surface area (Å²) < 4.78 is 25.4. The van der Waals surface area contributed by atoms with Gasteiger partial charge in [-0.05, 0) is 44.8 Å². The van der Waals surface area contributed by atoms with Gasteiger partial charge in [-0.1, -0.05) is 19.7 Å². The molecule has 0 aromatic heterocycles. The predicted molar refractivity (Wildman–Crippen MR) is 76.7 cm³/mol. The van der Waals surface area contributed by atoms with Crippen LogP contribution in [0.25, 0.3) is 0 Å². The molecule has 2 nitrogen and oxygen atoms in total. The Bertz CT molecular complexity index is 242. The normalized spacial score (nSPS) is 26.6. The first-order valence-electron chi connectivity index (χ1n) is 7.53. The predicted octanol–water partition coefficient (Wildman–Crippen LogP) is 2.69. The summed E-state index contributed by atoms with van der Waals surface area (Å²) in [7, 11) is 5.03. The van der Waals surface area contributed by atoms with Crippen molar-refractivity contribution < 1.29 is 8.78 Å². The molecule has 1 aliphatic heterocycles. The van der Waals surface area contributed by atoms with Gasteiger partial charge in [0, 0.05) is 18.9 Å². The highest BCUT2D eigenvalue weighted by Gasteiger charge is 2.56. The number of hydrogen-bond donors (Lipinski definition) is 1. The maximum absolute atomic E-state index is 12.7. The molecule has 19 heavy (non-hydrogen) atoms. The lowest BCUT2D eigenvalue weighted by atomic mass is 9.93. The molecule has 110 valence electrons. The van der Waals surface area contributed by atoms with Gasteiger partial charge in [0.25, 0.3) is 5.92 Å². The molecular weight excluding hydrogens is 245 g/mol. The van der Waals surface area contributed by atoms with Crippen LogP contribution >= 0.6 is 0 Å². The zero-order valence-electron chi connectivity index (χ0n) is 12.1. The van der Waals surface area contributed by atoms with Crippen LogP contribution in [0, 0.1) is 11.8 Å². The fraction of sp³-hybridized carbons (Fsp3) is 1.00. The fourth-order valence-corrected chi connectivity index (χ4v) is 2.47. The number of rotatable bonds is 5. The van der Waals surface area contributed by atoms with E-state index in [1.807, 2.05) is 0 Å². The summed E-state index contributed by atoms with van der Waals surface area (Å²) in [6.45, 7) is 5.38. The molecule has 2 N–H and O–H groups in total. The standard InChI is InChI=1S/C11H20F2N2.C3H7B/c12-11(13)7-10(11)8-15-5-2-9(1-4-14)3-6-15;1-2-3-4/h9-10H,1-8,14H2;2-3H2,1H3. The maximum atomic E-state index is 12.7. The average molecular weight is 272 g/mol. The van der Waals surface area contributed by atoms with Gasteiger partial charge in [0.1, 0.15) is 0 Å². The Hall–Kier alpha value is -0.155. The molecule has 2 fully saturated rings. The first-order valence-corrected chi connectivity index (χ1v) is 7.53. The summed E-state index contributed by atoms with van der Waals surface area (Å²) >= 11 is 0. The summed E-state index contributed by atoms with van der Waals surface area (Å²) in [5.74, 6) is -1.98. The van der Waals surface area contributed by atoms with Crippen molar-refractivity contribution in [2.75, 3.05) is 26.2 Å². The molecular formula is C14H27BF2N2. The number of nitrogens with zero attached hydrogens (tertiary/aromatic N) is 1. The molecule has 1 saturated heterocycles. The molecule has 2 rings (SSSR count). The van der Waals surface area contributed by atoms with Gasteiger partial charge in [0.05, 0.1) is 7.85 Å². The smallest absolute Gasteiger partial charge is 0.252 e. The van der Waals surface area contributed by atoms with Crippen LogP contribution in [0.4, 0.5) is 8.78 Å². The van der Waals surface area contributed by atoms with E-state index in [2.05, 4.69) is 11.8 Å². The van der Waals surface area contributed by atoms with E-state index in [0.717, 1.165) is 57.6 Å². The topological polar surface area (TPSA) is 29.3 Å². The highest BCUT2D eigenvalue weighted by atomic mass is 19.3. The SMILES string of the molecule is NCCC1CCN(CC2CC2(F)F)CC1.[B]CCC. The van der Waals surface area contributed by atoms with E-state index in [-0.39, 0.29) is 12.3 Å². The monoisotopic (exact) mass is 272 g/mol. The first kappa shape index (κ1) is 16.9. The Morgan fingerprint density at radius 2 is 1.84 bits per heavy atom. The van der Waals surface area contributed by atoms with Gasteiger partial charge in [-0.25, -0.2) is 8.78 Å². The van der Waals surface area contributed by atoms with Crippen molar-refractivity contribution in [3.63, 3.8) is 0 Å². The third kappa shape index (κ3) is 6.22. The second kappa shape index (κ2) is 8.20. The molecule has 0 spiro atoms. The molecule has 1 atom stereocenters. The second-order valence-electron chi connectivity index (χ2n) is 5.77. The Morgan fingerprint density at radius 3 is 2.21 bits per heavy atom. The van der Waals surface area contributed by atoms with Gasteiger partial charge in [0.15, 0.2) is 0 Å². The number of piperidine rings is 1. The van der Waals surface area contributed by atoms with E-state index in [9.17, 15) is 8.78 Å². The van der Waals surface area contributed by atoms with E-state index in [1.54, 1.807) is 0 Å². The number of halogens is 2. The van der Waals surface area contributed by atoms with Crippen molar-refractivity contribution in [1.29, 1.82) is 0 Å². The minimum absolute atomic E-state index is 0.107. The highest BCUT2D eigenvalue weighted by Crippen LogP contribution is 2.49. The number of hydrogen-bond acceptors (Lipinski definition) is 2. The zero-order chi connectivity index (χ0) is 14.3. The molecule has 1 aliphatic carbocycles. The van der Waals surface area contributed by atoms with Gasteiger partial charge >= 0.3 is 0 Å². The van der Waals surface area contributed by atoms with Gasteiger partial charge in [-0.2, -0.15) is 0 Å². The zero-order valence-corrected chi connectivity index (χ0v) is 12.1. The van der Waals surface area contributed by atoms with E-state index >= 15 is 0 Å². The Labute approximate surface area is 117 Å². The van der Waals surface area contributed by atoms with Crippen molar-refractivity contribution in [2.45, 2.75) is 51.3 Å². The van der Waals surface area contributed by atoms with Crippen molar-refractivity contribution in [2.24, 2.45) is 17.6 Å². The van der Waals surface area contributed by atoms with Crippen LogP contribution in [0.1, 0.15) is 39.0 Å². The quantitative estimate of drug-likeness (QED) is 0.780. The van der Waals surface area contributed by atoms with Crippen LogP contribution in [0.5, 0.6) is 0 Å². The van der Waals surface area contributed by atoms with E-state index in [1.165, 1.54) is 0 Å². The van der Waals surface area contributed by atoms with Crippen LogP contribution in [-0.4, -0.2) is 44.8 Å². The van der Waals surface area contributed by atoms with Crippen molar-refractivity contribution in [1.82, 2.24) is 4.90 Å². The lowest BCUT2D eigenvalue weighted by Crippen LogP contribution is -2.36. The number of alkyl halides is 2. The molecule has 2 aliphatic rings. The molecule has 1 saturated carbocycles. The summed E-state index contributed by atoms with van der Waals surface area (Å²) in [4.78, 5) is 2.19. The lowest BCUT2D eigenvalue weighted by Gasteiger charge is -2.31. The maximum Gasteiger partial charge on any atom is 0.252 e. The summed E-state index contributed by atoms with van der Waals surface area (Å²) in [5.41, 5.74) is 5.51. The third-order valence-corrected chi connectivity index (χ3v) is 4.01. The van der Waals surface area contributed by atoms with Crippen LogP contribution in [0.15, 0.2) is 0 Å². The highest BCUT2D eigenvalue weighted by molar-refractivity contribution is 6.08. The van der Waals surface area contributed by atoms with Gasteiger partial charge < -0.3 is 10.6 Å². The van der Waals surface area contributed by atoms with E-state index in [0.29, 0.717) is 6.54 Å². The number of likely N-dealkylation sites (tertiary alicyclic amines) is 1. The lowest BCUT2D eigenvalue weighted by molar-refractivity contribution is 0.0804.